The Kier molecular flexibility index (Phi) is 21.1. The zero-order chi connectivity index (χ0) is 86.6. The van der Waals surface area contributed by atoms with Crippen molar-refractivity contribution >= 4 is 0 Å². The first-order valence-electron chi connectivity index (χ1n) is 55.2. The Morgan fingerprint density at radius 3 is 0.898 bits per heavy atom. The molecule has 24 fully saturated rings. The molecule has 0 spiro atoms. The summed E-state index contributed by atoms with van der Waals surface area (Å²) in [6.45, 7) is 14.2. The summed E-state index contributed by atoms with van der Waals surface area (Å²) in [4.78, 5) is 0. The Balaban J connectivity index is 0.0000000794. The number of allylic oxidation sites excluding steroid dienone is 16. The van der Waals surface area contributed by atoms with Crippen molar-refractivity contribution in [2.75, 3.05) is 0 Å². The molecule has 0 radical (unpaired) electrons. The van der Waals surface area contributed by atoms with E-state index >= 15 is 0 Å². The molecule has 62 atom stereocenters. The van der Waals surface area contributed by atoms with Gasteiger partial charge in [0.1, 0.15) is 0 Å². The summed E-state index contributed by atoms with van der Waals surface area (Å²) < 4.78 is 0. The molecular formula is C120H152N8. The summed E-state index contributed by atoms with van der Waals surface area (Å²) in [6, 6.07) is 19.8. The van der Waals surface area contributed by atoms with Gasteiger partial charge in [-0.25, -0.2) is 0 Å². The van der Waals surface area contributed by atoms with Crippen molar-refractivity contribution in [3.63, 3.8) is 0 Å². The summed E-state index contributed by atoms with van der Waals surface area (Å²) >= 11 is 0. The molecule has 24 saturated carbocycles. The van der Waals surface area contributed by atoms with Crippen molar-refractivity contribution in [2.45, 2.75) is 221 Å². The molecule has 32 bridgehead atoms. The largest absolute Gasteiger partial charge is 0.198 e. The van der Waals surface area contributed by atoms with Gasteiger partial charge in [0.15, 0.2) is 0 Å². The highest BCUT2D eigenvalue weighted by atomic mass is 14.8. The molecule has 32 rings (SSSR count). The first-order valence-corrected chi connectivity index (χ1v) is 55.2. The van der Waals surface area contributed by atoms with Crippen molar-refractivity contribution < 1.29 is 0 Å². The van der Waals surface area contributed by atoms with Crippen LogP contribution in [0.4, 0.5) is 0 Å². The molecule has 0 aliphatic heterocycles. The highest BCUT2D eigenvalue weighted by molar-refractivity contribution is 5.31. The van der Waals surface area contributed by atoms with Gasteiger partial charge in [0, 0.05) is 38.0 Å². The lowest BCUT2D eigenvalue weighted by Gasteiger charge is -2.41. The van der Waals surface area contributed by atoms with Crippen LogP contribution < -0.4 is 0 Å². The summed E-state index contributed by atoms with van der Waals surface area (Å²) in [5, 5.41) is 72.4. The Bertz CT molecular complexity index is 4900. The molecular weight excluding hydrogens is 1550 g/mol. The van der Waals surface area contributed by atoms with Crippen molar-refractivity contribution in [3.05, 3.63) is 97.2 Å². The van der Waals surface area contributed by atoms with Crippen LogP contribution >= 0.6 is 0 Å². The maximum atomic E-state index is 9.41. The summed E-state index contributed by atoms with van der Waals surface area (Å²) in [5.74, 6) is 54.6. The van der Waals surface area contributed by atoms with Crippen molar-refractivity contribution in [3.8, 4) is 48.6 Å². The summed E-state index contributed by atoms with van der Waals surface area (Å²) in [6.07, 6.45) is 75.6. The van der Waals surface area contributed by atoms with E-state index in [1.807, 2.05) is 0 Å². The van der Waals surface area contributed by atoms with Crippen molar-refractivity contribution in [1.29, 1.82) is 42.1 Å². The van der Waals surface area contributed by atoms with Gasteiger partial charge in [0.2, 0.25) is 0 Å². The lowest BCUT2D eigenvalue weighted by atomic mass is 9.63. The quantitative estimate of drug-likeness (QED) is 0.152. The molecule has 0 N–H and O–H groups in total. The number of hydrogen-bond acceptors (Lipinski definition) is 8. The number of nitriles is 8. The number of fused-ring (bicyclic) bond motifs is 72. The van der Waals surface area contributed by atoms with Crippen LogP contribution in [0.1, 0.15) is 221 Å². The van der Waals surface area contributed by atoms with Crippen molar-refractivity contribution in [1.82, 2.24) is 0 Å². The standard InChI is InChI=1S/C17H23N.2C16H21N.2C15H19N.2C14H17N.C13H15N/c1-2-12-13(4-3-7-18)15-9-14(12)16-10-5-6-11(8-10)17(15)16;1-9-12(3-2-6-17)14-8-13(9)15-10-4-5-11(7-10)16(14)15;1-2-11-12(5-6-17)14-8-13(11)15-9-3-4-10(7-9)16(14)15;1-8-11(4-5-16)13-7-12(8)14-9-2-3-10(6-9)15(13)14;1-2-10-11-6-12(13(10)7-16)15-9-4-3-8(5-9)14(11)15;1-7-10-5-11(12(7)6-15)14-9-3-2-8(4-9)13(10)14;15-4-3-8-5-11-7-12(8)14-10-2-1-9(6-10)13(11)14;14-6-10-4-9-5-11(10)13-8-2-1-7(3-8)12(9)13/h5-6,10-17H,2-4,8-9H2,1H3;4-5,9-16H,2-3,7-8H2,1H3;3-4,9-16H,2,5,7-8H2,1H3;2-3,8-15H,4,6-7H2,1H3;3-4,8-15H,2,5-6H2,1H3;2-3,7-14H,4-5H2,1H3;1-2,8-14H,3,5-7H2;1-2,7-13H,3-5H2. The molecule has 8 heteroatoms. The molecule has 32 aliphatic rings. The number of hydrogen-bond donors (Lipinski definition) is 0. The van der Waals surface area contributed by atoms with E-state index in [0.29, 0.717) is 23.7 Å². The molecule has 0 aromatic carbocycles. The van der Waals surface area contributed by atoms with Gasteiger partial charge < -0.3 is 0 Å². The van der Waals surface area contributed by atoms with E-state index in [1.54, 1.807) is 0 Å². The lowest BCUT2D eigenvalue weighted by molar-refractivity contribution is 0.0809. The molecule has 0 aromatic heterocycles. The molecule has 0 aromatic rings. The molecule has 0 saturated heterocycles. The second-order valence-corrected chi connectivity index (χ2v) is 51.7. The summed E-state index contributed by atoms with van der Waals surface area (Å²) in [7, 11) is 0. The van der Waals surface area contributed by atoms with Gasteiger partial charge >= 0.3 is 0 Å². The lowest BCUT2D eigenvalue weighted by Crippen LogP contribution is -2.36. The SMILES string of the molecule is CC1C(C#N)C2CC1C1C3C=CC(C3)C21.CC1C(CC#N)C2CC1C1C3C=CC(C3)C21.CC1C(CCC#N)C2CC1C1C3C=CC(C3)C21.CCC1C(C#N)C2CC1C1C3C=CC(C3)C21.CCC1C(CC#N)C2CC1C1C3C=CC(C3)C21.CCC1C(CCC#N)C2CC1C1C3C=CC(C3)C21.N#CC1CC2CC1C1C3C=CC(C3)C21.N#CCC1CC2CC1C1C3C=CC(C3)C21. The van der Waals surface area contributed by atoms with E-state index < -0.39 is 0 Å². The van der Waals surface area contributed by atoms with E-state index in [2.05, 4.69) is 187 Å². The molecule has 0 heterocycles. The maximum Gasteiger partial charge on any atom is 0.0661 e. The van der Waals surface area contributed by atoms with E-state index in [-0.39, 0.29) is 0 Å². The number of rotatable bonds is 10. The second kappa shape index (κ2) is 32.3. The van der Waals surface area contributed by atoms with E-state index in [1.165, 1.54) is 148 Å². The van der Waals surface area contributed by atoms with Crippen LogP contribution in [-0.4, -0.2) is 0 Å². The minimum atomic E-state index is 0.379. The van der Waals surface area contributed by atoms with Gasteiger partial charge in [0.25, 0.3) is 0 Å². The predicted octanol–water partition coefficient (Wildman–Crippen LogP) is 26.2. The van der Waals surface area contributed by atoms with Crippen molar-refractivity contribution in [2.24, 2.45) is 367 Å². The average Bonchev–Trinajstić information content (AvgIpc) is 1.54. The van der Waals surface area contributed by atoms with E-state index in [9.17, 15) is 10.5 Å². The van der Waals surface area contributed by atoms with Crippen LogP contribution in [0.5, 0.6) is 0 Å². The minimum Gasteiger partial charge on any atom is -0.198 e. The van der Waals surface area contributed by atoms with Gasteiger partial charge in [-0.15, -0.1) is 0 Å². The minimum absolute atomic E-state index is 0.379. The first kappa shape index (κ1) is 83.6. The second-order valence-electron chi connectivity index (χ2n) is 51.7. The van der Waals surface area contributed by atoms with Crippen LogP contribution in [0.3, 0.4) is 0 Å². The van der Waals surface area contributed by atoms with Gasteiger partial charge in [-0.3, -0.25) is 0 Å². The Labute approximate surface area is 771 Å². The third-order valence-electron chi connectivity index (χ3n) is 49.7. The van der Waals surface area contributed by atoms with Crippen LogP contribution in [-0.2, 0) is 0 Å². The molecule has 672 valence electrons. The monoisotopic (exact) mass is 1710 g/mol. The Morgan fingerprint density at radius 2 is 0.492 bits per heavy atom. The fourth-order valence-electron chi connectivity index (χ4n) is 47.1. The zero-order valence-electron chi connectivity index (χ0n) is 78.4. The van der Waals surface area contributed by atoms with Gasteiger partial charge in [-0.1, -0.05) is 158 Å². The van der Waals surface area contributed by atoms with E-state index in [4.69, 9.17) is 31.6 Å². The molecule has 62 unspecified atom stereocenters. The smallest absolute Gasteiger partial charge is 0.0661 e. The van der Waals surface area contributed by atoms with Crippen LogP contribution in [0.2, 0.25) is 0 Å². The van der Waals surface area contributed by atoms with Gasteiger partial charge in [0.05, 0.1) is 60.4 Å². The van der Waals surface area contributed by atoms with Crippen LogP contribution in [0.15, 0.2) is 97.2 Å². The Hall–Kier alpha value is -6.16. The van der Waals surface area contributed by atoms with Gasteiger partial charge in [-0.2, -0.15) is 42.1 Å². The van der Waals surface area contributed by atoms with E-state index in [0.717, 1.165) is 375 Å². The highest BCUT2D eigenvalue weighted by Gasteiger charge is 2.71. The van der Waals surface area contributed by atoms with Crippen LogP contribution in [0.25, 0.3) is 0 Å². The number of nitrogens with zero attached hydrogens (tertiary/aromatic N) is 8. The zero-order valence-corrected chi connectivity index (χ0v) is 78.4. The average molecular weight is 1710 g/mol. The molecule has 128 heavy (non-hydrogen) atoms. The molecule has 32 aliphatic carbocycles. The third-order valence-corrected chi connectivity index (χ3v) is 49.7. The fourth-order valence-corrected chi connectivity index (χ4v) is 47.1. The first-order chi connectivity index (χ1) is 62.7. The maximum absolute atomic E-state index is 9.41. The Morgan fingerprint density at radius 1 is 0.211 bits per heavy atom. The van der Waals surface area contributed by atoms with Gasteiger partial charge in [-0.05, 0) is 478 Å². The normalized spacial score (nSPS) is 59.1. The highest BCUT2D eigenvalue weighted by Crippen LogP contribution is 2.77. The summed E-state index contributed by atoms with van der Waals surface area (Å²) in [5.41, 5.74) is 0. The topological polar surface area (TPSA) is 190 Å². The third kappa shape index (κ3) is 12.0. The molecule has 8 nitrogen and oxygen atoms in total. The molecule has 0 amide bonds. The predicted molar refractivity (Wildman–Crippen MR) is 498 cm³/mol. The van der Waals surface area contributed by atoms with Crippen LogP contribution in [0, 0.1) is 458 Å². The fraction of sp³-hybridized carbons (Fsp3) is 0.800.